The van der Waals surface area contributed by atoms with Crippen LogP contribution in [0.15, 0.2) is 47.3 Å². The standard InChI is InChI=1S/C21H22N4O3/c1-14-5-3-7-17(9-14)28-20-11-22-10-18(24-20)16-6-4-8-25(12-16)21(26)19-13-27-15(2)23-19/h3,5,7,9-11,13,16H,4,6,8,12H2,1-2H3/t16-/m0/s1. The predicted molar refractivity (Wildman–Crippen MR) is 102 cm³/mol. The summed E-state index contributed by atoms with van der Waals surface area (Å²) in [6.07, 6.45) is 6.62. The molecule has 0 saturated carbocycles. The number of carbonyl (C=O) groups excluding carboxylic acids is 1. The van der Waals surface area contributed by atoms with Gasteiger partial charge < -0.3 is 14.1 Å². The molecule has 1 aliphatic heterocycles. The van der Waals surface area contributed by atoms with Gasteiger partial charge in [0, 0.05) is 32.1 Å². The fourth-order valence-electron chi connectivity index (χ4n) is 3.43. The second kappa shape index (κ2) is 7.80. The van der Waals surface area contributed by atoms with Gasteiger partial charge in [0.05, 0.1) is 11.9 Å². The summed E-state index contributed by atoms with van der Waals surface area (Å²) in [7, 11) is 0. The van der Waals surface area contributed by atoms with Gasteiger partial charge in [-0.3, -0.25) is 9.78 Å². The van der Waals surface area contributed by atoms with Crippen LogP contribution in [0.2, 0.25) is 0 Å². The fraction of sp³-hybridized carbons (Fsp3) is 0.333. The van der Waals surface area contributed by atoms with E-state index in [0.29, 0.717) is 30.6 Å². The van der Waals surface area contributed by atoms with E-state index >= 15 is 0 Å². The van der Waals surface area contributed by atoms with Crippen molar-refractivity contribution in [2.45, 2.75) is 32.6 Å². The van der Waals surface area contributed by atoms with E-state index in [1.54, 1.807) is 24.2 Å². The maximum absolute atomic E-state index is 12.7. The molecule has 1 aliphatic rings. The first-order chi connectivity index (χ1) is 13.6. The van der Waals surface area contributed by atoms with Gasteiger partial charge in [0.2, 0.25) is 5.88 Å². The summed E-state index contributed by atoms with van der Waals surface area (Å²) in [5, 5.41) is 0. The molecule has 1 atom stereocenters. The molecular weight excluding hydrogens is 356 g/mol. The number of ether oxygens (including phenoxy) is 1. The molecule has 1 amide bonds. The first kappa shape index (κ1) is 18.2. The Morgan fingerprint density at radius 1 is 1.25 bits per heavy atom. The smallest absolute Gasteiger partial charge is 0.275 e. The quantitative estimate of drug-likeness (QED) is 0.685. The number of likely N-dealkylation sites (tertiary alicyclic amines) is 1. The predicted octanol–water partition coefficient (Wildman–Crippen LogP) is 3.89. The van der Waals surface area contributed by atoms with E-state index in [-0.39, 0.29) is 11.8 Å². The van der Waals surface area contributed by atoms with Crippen LogP contribution in [0.3, 0.4) is 0 Å². The summed E-state index contributed by atoms with van der Waals surface area (Å²) in [5.41, 5.74) is 2.30. The van der Waals surface area contributed by atoms with Crippen LogP contribution in [0.4, 0.5) is 0 Å². The molecule has 7 heteroatoms. The van der Waals surface area contributed by atoms with Gasteiger partial charge in [0.1, 0.15) is 12.0 Å². The Labute approximate surface area is 163 Å². The van der Waals surface area contributed by atoms with Crippen molar-refractivity contribution in [3.8, 4) is 11.6 Å². The first-order valence-corrected chi connectivity index (χ1v) is 9.36. The van der Waals surface area contributed by atoms with E-state index in [2.05, 4.69) is 15.0 Å². The lowest BCUT2D eigenvalue weighted by Gasteiger charge is -2.31. The number of hydrogen-bond acceptors (Lipinski definition) is 6. The van der Waals surface area contributed by atoms with Crippen LogP contribution >= 0.6 is 0 Å². The van der Waals surface area contributed by atoms with Gasteiger partial charge in [-0.05, 0) is 37.5 Å². The van der Waals surface area contributed by atoms with Crippen LogP contribution in [-0.4, -0.2) is 38.8 Å². The minimum absolute atomic E-state index is 0.110. The normalized spacial score (nSPS) is 16.8. The van der Waals surface area contributed by atoms with Crippen molar-refractivity contribution in [2.24, 2.45) is 0 Å². The number of benzene rings is 1. The number of piperidine rings is 1. The molecule has 144 valence electrons. The molecule has 3 aromatic rings. The molecule has 1 saturated heterocycles. The Hall–Kier alpha value is -3.22. The summed E-state index contributed by atoms with van der Waals surface area (Å²) in [6.45, 7) is 5.02. The highest BCUT2D eigenvalue weighted by Gasteiger charge is 2.28. The maximum atomic E-state index is 12.7. The maximum Gasteiger partial charge on any atom is 0.275 e. The summed E-state index contributed by atoms with van der Waals surface area (Å²) in [6, 6.07) is 7.80. The van der Waals surface area contributed by atoms with Crippen LogP contribution in [-0.2, 0) is 0 Å². The Morgan fingerprint density at radius 3 is 2.93 bits per heavy atom. The Balaban J connectivity index is 1.48. The van der Waals surface area contributed by atoms with Crippen molar-refractivity contribution in [1.29, 1.82) is 0 Å². The van der Waals surface area contributed by atoms with Gasteiger partial charge in [-0.2, -0.15) is 0 Å². The first-order valence-electron chi connectivity index (χ1n) is 9.36. The fourth-order valence-corrected chi connectivity index (χ4v) is 3.43. The number of oxazole rings is 1. The molecule has 1 fully saturated rings. The molecule has 0 spiro atoms. The molecule has 28 heavy (non-hydrogen) atoms. The largest absolute Gasteiger partial charge is 0.448 e. The average Bonchev–Trinajstić information content (AvgIpc) is 3.14. The van der Waals surface area contributed by atoms with Gasteiger partial charge >= 0.3 is 0 Å². The van der Waals surface area contributed by atoms with Crippen molar-refractivity contribution in [3.05, 3.63) is 65.8 Å². The number of nitrogens with zero attached hydrogens (tertiary/aromatic N) is 4. The monoisotopic (exact) mass is 378 g/mol. The number of rotatable bonds is 4. The van der Waals surface area contributed by atoms with Crippen LogP contribution in [0.25, 0.3) is 0 Å². The summed E-state index contributed by atoms with van der Waals surface area (Å²) in [4.78, 5) is 27.6. The van der Waals surface area contributed by atoms with Crippen LogP contribution in [0, 0.1) is 13.8 Å². The second-order valence-electron chi connectivity index (χ2n) is 7.04. The highest BCUT2D eigenvalue weighted by Crippen LogP contribution is 2.28. The van der Waals surface area contributed by atoms with Gasteiger partial charge in [0.25, 0.3) is 5.91 Å². The lowest BCUT2D eigenvalue weighted by Crippen LogP contribution is -2.39. The number of amides is 1. The van der Waals surface area contributed by atoms with E-state index in [0.717, 1.165) is 29.8 Å². The Bertz CT molecular complexity index is 985. The van der Waals surface area contributed by atoms with E-state index in [9.17, 15) is 4.79 Å². The molecule has 0 radical (unpaired) electrons. The van der Waals surface area contributed by atoms with E-state index in [1.165, 1.54) is 6.26 Å². The van der Waals surface area contributed by atoms with Gasteiger partial charge in [-0.15, -0.1) is 0 Å². The van der Waals surface area contributed by atoms with Crippen molar-refractivity contribution in [3.63, 3.8) is 0 Å². The van der Waals surface area contributed by atoms with E-state index in [1.807, 2.05) is 31.2 Å². The van der Waals surface area contributed by atoms with E-state index < -0.39 is 0 Å². The van der Waals surface area contributed by atoms with Gasteiger partial charge in [-0.25, -0.2) is 9.97 Å². The molecule has 1 aromatic carbocycles. The minimum atomic E-state index is -0.110. The lowest BCUT2D eigenvalue weighted by atomic mass is 9.95. The summed E-state index contributed by atoms with van der Waals surface area (Å²) in [5.74, 6) is 1.68. The second-order valence-corrected chi connectivity index (χ2v) is 7.04. The Morgan fingerprint density at radius 2 is 2.14 bits per heavy atom. The highest BCUT2D eigenvalue weighted by atomic mass is 16.5. The summed E-state index contributed by atoms with van der Waals surface area (Å²) < 4.78 is 11.0. The number of hydrogen-bond donors (Lipinski definition) is 0. The molecule has 0 unspecified atom stereocenters. The zero-order chi connectivity index (χ0) is 19.5. The topological polar surface area (TPSA) is 81.4 Å². The SMILES string of the molecule is Cc1cccc(Oc2cncc([C@H]3CCCN(C(=O)c4coc(C)n4)C3)n2)c1. The van der Waals surface area contributed by atoms with Crippen molar-refractivity contribution < 1.29 is 13.9 Å². The molecule has 4 rings (SSSR count). The van der Waals surface area contributed by atoms with Crippen LogP contribution in [0.1, 0.15) is 46.4 Å². The number of aromatic nitrogens is 3. The Kier molecular flexibility index (Phi) is 5.06. The van der Waals surface area contributed by atoms with Gasteiger partial charge in [0.15, 0.2) is 11.6 Å². The molecule has 0 bridgehead atoms. The van der Waals surface area contributed by atoms with Crippen molar-refractivity contribution in [2.75, 3.05) is 13.1 Å². The average molecular weight is 378 g/mol. The molecule has 3 heterocycles. The zero-order valence-corrected chi connectivity index (χ0v) is 16.0. The molecular formula is C21H22N4O3. The molecule has 0 aliphatic carbocycles. The number of aryl methyl sites for hydroxylation is 2. The minimum Gasteiger partial charge on any atom is -0.448 e. The third-order valence-electron chi connectivity index (χ3n) is 4.81. The lowest BCUT2D eigenvalue weighted by molar-refractivity contribution is 0.0699. The molecule has 7 nitrogen and oxygen atoms in total. The third-order valence-corrected chi connectivity index (χ3v) is 4.81. The molecule has 0 N–H and O–H groups in total. The van der Waals surface area contributed by atoms with E-state index in [4.69, 9.17) is 9.15 Å². The van der Waals surface area contributed by atoms with Crippen LogP contribution < -0.4 is 4.74 Å². The van der Waals surface area contributed by atoms with Crippen LogP contribution in [0.5, 0.6) is 11.6 Å². The third kappa shape index (κ3) is 4.03. The van der Waals surface area contributed by atoms with Gasteiger partial charge in [-0.1, -0.05) is 12.1 Å². The zero-order valence-electron chi connectivity index (χ0n) is 16.0. The molecule has 2 aromatic heterocycles. The summed E-state index contributed by atoms with van der Waals surface area (Å²) >= 11 is 0. The highest BCUT2D eigenvalue weighted by molar-refractivity contribution is 5.92. The number of carbonyl (C=O) groups is 1. The van der Waals surface area contributed by atoms with Crippen molar-refractivity contribution in [1.82, 2.24) is 19.9 Å². The van der Waals surface area contributed by atoms with Crippen molar-refractivity contribution >= 4 is 5.91 Å².